The number of quaternary nitrogens is 1. The summed E-state index contributed by atoms with van der Waals surface area (Å²) in [4.78, 5) is 22.6. The second kappa shape index (κ2) is 18.8. The molecule has 170 valence electrons. The maximum absolute atomic E-state index is 11.8. The Balaban J connectivity index is 3.27. The number of hydrogen-bond donors (Lipinski definition) is 1. The summed E-state index contributed by atoms with van der Waals surface area (Å²) in [6.07, 6.45) is 21.5. The molecule has 1 N–H and O–H groups in total. The van der Waals surface area contributed by atoms with Crippen molar-refractivity contribution in [3.8, 4) is 0 Å². The number of unbranched alkanes of at least 4 members (excludes halogenated alkanes) is 10. The van der Waals surface area contributed by atoms with E-state index < -0.39 is 0 Å². The lowest BCUT2D eigenvalue weighted by atomic mass is 10.1. The molecular formula is C25H49N2O2+. The van der Waals surface area contributed by atoms with E-state index in [2.05, 4.69) is 38.6 Å². The number of ketones is 1. The van der Waals surface area contributed by atoms with Crippen LogP contribution in [0.25, 0.3) is 0 Å². The monoisotopic (exact) mass is 409 g/mol. The van der Waals surface area contributed by atoms with Crippen molar-refractivity contribution in [3.05, 3.63) is 12.2 Å². The highest BCUT2D eigenvalue weighted by Crippen LogP contribution is 2.10. The maximum atomic E-state index is 11.8. The molecule has 0 heterocycles. The van der Waals surface area contributed by atoms with E-state index in [1.54, 1.807) is 6.92 Å². The quantitative estimate of drug-likeness (QED) is 0.157. The first kappa shape index (κ1) is 27.8. The predicted molar refractivity (Wildman–Crippen MR) is 125 cm³/mol. The Bertz CT molecular complexity index is 439. The van der Waals surface area contributed by atoms with Crippen LogP contribution in [-0.4, -0.2) is 50.4 Å². The second-order valence-corrected chi connectivity index (χ2v) is 9.50. The summed E-state index contributed by atoms with van der Waals surface area (Å²) in [5.41, 5.74) is 0. The van der Waals surface area contributed by atoms with Gasteiger partial charge in [0.25, 0.3) is 0 Å². The molecule has 0 aliphatic heterocycles. The molecule has 0 unspecified atom stereocenters. The van der Waals surface area contributed by atoms with Crippen molar-refractivity contribution in [2.75, 3.05) is 34.2 Å². The van der Waals surface area contributed by atoms with Gasteiger partial charge in [0.05, 0.1) is 27.7 Å². The number of amides is 1. The number of carbonyl (C=O) groups is 2. The highest BCUT2D eigenvalue weighted by molar-refractivity contribution is 5.75. The summed E-state index contributed by atoms with van der Waals surface area (Å²) >= 11 is 0. The summed E-state index contributed by atoms with van der Waals surface area (Å²) in [6, 6.07) is 0. The minimum Gasteiger partial charge on any atom is -0.356 e. The molecule has 4 nitrogen and oxygen atoms in total. The van der Waals surface area contributed by atoms with Gasteiger partial charge in [-0.2, -0.15) is 0 Å². The zero-order valence-corrected chi connectivity index (χ0v) is 19.9. The van der Waals surface area contributed by atoms with Gasteiger partial charge in [0, 0.05) is 25.8 Å². The van der Waals surface area contributed by atoms with Gasteiger partial charge in [0.1, 0.15) is 5.78 Å². The number of nitrogens with one attached hydrogen (secondary N) is 1. The minimum atomic E-state index is 0.216. The normalized spacial score (nSPS) is 11.9. The largest absolute Gasteiger partial charge is 0.356 e. The lowest BCUT2D eigenvalue weighted by Gasteiger charge is -2.23. The molecule has 0 saturated heterocycles. The fraction of sp³-hybridized carbons (Fsp3) is 0.840. The predicted octanol–water partition coefficient (Wildman–Crippen LogP) is 5.81. The fourth-order valence-corrected chi connectivity index (χ4v) is 3.35. The number of carbonyl (C=O) groups excluding carboxylic acids is 2. The van der Waals surface area contributed by atoms with E-state index in [1.165, 1.54) is 64.2 Å². The van der Waals surface area contributed by atoms with Crippen LogP contribution in [0.3, 0.4) is 0 Å². The van der Waals surface area contributed by atoms with Crippen LogP contribution >= 0.6 is 0 Å². The van der Waals surface area contributed by atoms with Gasteiger partial charge in [0.15, 0.2) is 0 Å². The van der Waals surface area contributed by atoms with Crippen molar-refractivity contribution in [3.63, 3.8) is 0 Å². The zero-order chi connectivity index (χ0) is 21.8. The molecule has 0 spiro atoms. The standard InChI is InChI=1S/C25H48N2O2/c1-24(28)20-17-15-13-11-9-7-5-6-8-10-12-14-16-18-21-25(29)26-22-19-23-27(2,3)4/h5-6H,7-23H2,1-4H3/p+1/b6-5+. The number of allylic oxidation sites excluding steroid dienone is 2. The Morgan fingerprint density at radius 3 is 1.69 bits per heavy atom. The van der Waals surface area contributed by atoms with Crippen molar-refractivity contribution in [2.45, 2.75) is 103 Å². The van der Waals surface area contributed by atoms with Crippen LogP contribution in [0.15, 0.2) is 12.2 Å². The number of Topliss-reactive ketones (excluding diaryl/α,β-unsaturated/α-hetero) is 1. The molecule has 0 fully saturated rings. The molecule has 0 radical (unpaired) electrons. The minimum absolute atomic E-state index is 0.216. The first-order valence-corrected chi connectivity index (χ1v) is 12.0. The molecule has 0 aromatic carbocycles. The second-order valence-electron chi connectivity index (χ2n) is 9.50. The van der Waals surface area contributed by atoms with E-state index in [9.17, 15) is 9.59 Å². The van der Waals surface area contributed by atoms with Crippen molar-refractivity contribution in [1.29, 1.82) is 0 Å². The van der Waals surface area contributed by atoms with E-state index in [0.29, 0.717) is 12.2 Å². The molecule has 0 rings (SSSR count). The highest BCUT2D eigenvalue weighted by atomic mass is 16.1. The van der Waals surface area contributed by atoms with Crippen molar-refractivity contribution in [2.24, 2.45) is 0 Å². The van der Waals surface area contributed by atoms with Crippen LogP contribution in [-0.2, 0) is 9.59 Å². The van der Waals surface area contributed by atoms with Crippen LogP contribution in [0.1, 0.15) is 103 Å². The van der Waals surface area contributed by atoms with Gasteiger partial charge in [-0.25, -0.2) is 0 Å². The molecule has 0 aromatic heterocycles. The van der Waals surface area contributed by atoms with Crippen LogP contribution in [0.5, 0.6) is 0 Å². The van der Waals surface area contributed by atoms with E-state index in [-0.39, 0.29) is 5.91 Å². The van der Waals surface area contributed by atoms with E-state index >= 15 is 0 Å². The molecule has 4 heteroatoms. The fourth-order valence-electron chi connectivity index (χ4n) is 3.35. The van der Waals surface area contributed by atoms with Crippen molar-refractivity contribution >= 4 is 11.7 Å². The Morgan fingerprint density at radius 1 is 0.690 bits per heavy atom. The Hall–Kier alpha value is -1.16. The summed E-state index contributed by atoms with van der Waals surface area (Å²) in [5, 5.41) is 3.04. The lowest BCUT2D eigenvalue weighted by molar-refractivity contribution is -0.870. The molecular weight excluding hydrogens is 360 g/mol. The molecule has 0 aliphatic rings. The summed E-state index contributed by atoms with van der Waals surface area (Å²) in [7, 11) is 6.54. The summed E-state index contributed by atoms with van der Waals surface area (Å²) in [5.74, 6) is 0.535. The first-order chi connectivity index (χ1) is 13.8. The summed E-state index contributed by atoms with van der Waals surface area (Å²) < 4.78 is 0.953. The maximum Gasteiger partial charge on any atom is 0.219 e. The third-order valence-electron chi connectivity index (χ3n) is 5.17. The molecule has 0 saturated carbocycles. The smallest absolute Gasteiger partial charge is 0.219 e. The van der Waals surface area contributed by atoms with Gasteiger partial charge in [-0.15, -0.1) is 0 Å². The van der Waals surface area contributed by atoms with Gasteiger partial charge in [-0.1, -0.05) is 50.7 Å². The lowest BCUT2D eigenvalue weighted by Crippen LogP contribution is -2.37. The molecule has 1 amide bonds. The van der Waals surface area contributed by atoms with Crippen LogP contribution in [0, 0.1) is 0 Å². The zero-order valence-electron chi connectivity index (χ0n) is 19.9. The average Bonchev–Trinajstić information content (AvgIpc) is 2.64. The Labute approximate surface area is 181 Å². The van der Waals surface area contributed by atoms with Crippen LogP contribution in [0.4, 0.5) is 0 Å². The van der Waals surface area contributed by atoms with Gasteiger partial charge in [-0.05, 0) is 45.4 Å². The molecule has 0 aromatic rings. The molecule has 0 bridgehead atoms. The molecule has 0 atom stereocenters. The van der Waals surface area contributed by atoms with Gasteiger partial charge < -0.3 is 14.6 Å². The Kier molecular flexibility index (Phi) is 18.1. The molecule has 29 heavy (non-hydrogen) atoms. The highest BCUT2D eigenvalue weighted by Gasteiger charge is 2.06. The first-order valence-electron chi connectivity index (χ1n) is 12.0. The van der Waals surface area contributed by atoms with Crippen LogP contribution < -0.4 is 5.32 Å². The van der Waals surface area contributed by atoms with Gasteiger partial charge in [-0.3, -0.25) is 4.79 Å². The topological polar surface area (TPSA) is 46.2 Å². The van der Waals surface area contributed by atoms with Gasteiger partial charge >= 0.3 is 0 Å². The molecule has 0 aliphatic carbocycles. The van der Waals surface area contributed by atoms with E-state index in [0.717, 1.165) is 43.3 Å². The number of nitrogens with zero attached hydrogens (tertiary/aromatic N) is 1. The number of hydrogen-bond acceptors (Lipinski definition) is 2. The Morgan fingerprint density at radius 2 is 1.17 bits per heavy atom. The SMILES string of the molecule is CC(=O)CCCCCCC/C=C/CCCCCCCC(=O)NCCC[N+](C)(C)C. The van der Waals surface area contributed by atoms with Crippen molar-refractivity contribution < 1.29 is 14.1 Å². The van der Waals surface area contributed by atoms with E-state index in [4.69, 9.17) is 0 Å². The number of rotatable bonds is 20. The third-order valence-corrected chi connectivity index (χ3v) is 5.17. The average molecular weight is 410 g/mol. The van der Waals surface area contributed by atoms with Crippen LogP contribution in [0.2, 0.25) is 0 Å². The van der Waals surface area contributed by atoms with E-state index in [1.807, 2.05) is 0 Å². The third kappa shape index (κ3) is 24.8. The van der Waals surface area contributed by atoms with Crippen molar-refractivity contribution in [1.82, 2.24) is 5.32 Å². The van der Waals surface area contributed by atoms with Gasteiger partial charge in [0.2, 0.25) is 5.91 Å². The summed E-state index contributed by atoms with van der Waals surface area (Å²) in [6.45, 7) is 3.58.